The third-order valence-corrected chi connectivity index (χ3v) is 7.78. The van der Waals surface area contributed by atoms with Crippen molar-refractivity contribution in [1.82, 2.24) is 0 Å². The molecule has 0 bridgehead atoms. The van der Waals surface area contributed by atoms with Gasteiger partial charge in [0.05, 0.1) is 12.2 Å². The molecule has 0 aromatic rings. The topological polar surface area (TPSA) is 40.5 Å². The molecule has 0 spiro atoms. The summed E-state index contributed by atoms with van der Waals surface area (Å²) in [5.41, 5.74) is 0. The summed E-state index contributed by atoms with van der Waals surface area (Å²) >= 11 is 0. The Labute approximate surface area is 217 Å². The molecule has 0 rings (SSSR count). The quantitative estimate of drug-likeness (QED) is 0.142. The van der Waals surface area contributed by atoms with Crippen LogP contribution in [-0.4, -0.2) is 22.4 Å². The maximum absolute atomic E-state index is 10.6. The molecule has 3 unspecified atom stereocenters. The lowest BCUT2D eigenvalue weighted by Gasteiger charge is -2.29. The van der Waals surface area contributed by atoms with Crippen LogP contribution in [0.2, 0.25) is 0 Å². The fourth-order valence-electron chi connectivity index (χ4n) is 5.19. The van der Waals surface area contributed by atoms with Gasteiger partial charge in [-0.3, -0.25) is 0 Å². The zero-order valence-electron chi connectivity index (χ0n) is 24.9. The Bertz CT molecular complexity index is 354. The Hall–Kier alpha value is -0.0800. The second kappa shape index (κ2) is 27.5. The highest BCUT2D eigenvalue weighted by molar-refractivity contribution is 4.76. The van der Waals surface area contributed by atoms with E-state index >= 15 is 0 Å². The third kappa shape index (κ3) is 20.1. The predicted molar refractivity (Wildman–Crippen MR) is 155 cm³/mol. The Kier molecular flexibility index (Phi) is 29.2. The van der Waals surface area contributed by atoms with Gasteiger partial charge in [0, 0.05) is 0 Å². The van der Waals surface area contributed by atoms with Crippen LogP contribution in [-0.2, 0) is 0 Å². The van der Waals surface area contributed by atoms with Crippen LogP contribution in [0.3, 0.4) is 0 Å². The summed E-state index contributed by atoms with van der Waals surface area (Å²) in [5.74, 6) is 1.65. The van der Waals surface area contributed by atoms with Crippen LogP contribution in [0.25, 0.3) is 0 Å². The molecule has 3 atom stereocenters. The van der Waals surface area contributed by atoms with Gasteiger partial charge in [0.1, 0.15) is 0 Å². The molecule has 2 heteroatoms. The monoisotopic (exact) mass is 485 g/mol. The van der Waals surface area contributed by atoms with Crippen LogP contribution in [0.4, 0.5) is 0 Å². The summed E-state index contributed by atoms with van der Waals surface area (Å²) in [6, 6.07) is 0. The third-order valence-electron chi connectivity index (χ3n) is 7.78. The van der Waals surface area contributed by atoms with Crippen molar-refractivity contribution in [2.75, 3.05) is 0 Å². The largest absolute Gasteiger partial charge is 0.393 e. The molecular weight excluding hydrogens is 416 g/mol. The van der Waals surface area contributed by atoms with E-state index in [0.29, 0.717) is 17.8 Å². The lowest BCUT2D eigenvalue weighted by atomic mass is 9.81. The molecule has 0 aromatic carbocycles. The first-order chi connectivity index (χ1) is 16.5. The van der Waals surface area contributed by atoms with Gasteiger partial charge in [0.2, 0.25) is 0 Å². The first-order valence-electron chi connectivity index (χ1n) is 15.8. The van der Waals surface area contributed by atoms with E-state index in [1.165, 1.54) is 116 Å². The molecule has 2 nitrogen and oxygen atoms in total. The van der Waals surface area contributed by atoms with E-state index in [-0.39, 0.29) is 12.2 Å². The van der Waals surface area contributed by atoms with Crippen molar-refractivity contribution in [1.29, 1.82) is 0 Å². The Morgan fingerprint density at radius 1 is 0.382 bits per heavy atom. The van der Waals surface area contributed by atoms with Crippen molar-refractivity contribution in [2.45, 2.75) is 189 Å². The fourth-order valence-corrected chi connectivity index (χ4v) is 5.19. The summed E-state index contributed by atoms with van der Waals surface area (Å²) < 4.78 is 0. The second-order valence-electron chi connectivity index (χ2n) is 11.0. The molecule has 0 heterocycles. The van der Waals surface area contributed by atoms with E-state index in [4.69, 9.17) is 0 Å². The number of aliphatic hydroxyl groups excluding tert-OH is 2. The molecule has 0 amide bonds. The summed E-state index contributed by atoms with van der Waals surface area (Å²) in [6.45, 7) is 15.7. The molecule has 34 heavy (non-hydrogen) atoms. The first-order valence-corrected chi connectivity index (χ1v) is 15.8. The van der Waals surface area contributed by atoms with Gasteiger partial charge in [-0.2, -0.15) is 0 Å². The van der Waals surface area contributed by atoms with Gasteiger partial charge in [0.25, 0.3) is 0 Å². The van der Waals surface area contributed by atoms with Gasteiger partial charge in [-0.25, -0.2) is 0 Å². The molecule has 0 fully saturated rings. The van der Waals surface area contributed by atoms with Gasteiger partial charge in [-0.1, -0.05) is 138 Å². The Balaban J connectivity index is 0. The van der Waals surface area contributed by atoms with E-state index < -0.39 is 0 Å². The first kappa shape index (κ1) is 36.1. The number of rotatable bonds is 23. The van der Waals surface area contributed by atoms with Crippen molar-refractivity contribution >= 4 is 0 Å². The van der Waals surface area contributed by atoms with Crippen molar-refractivity contribution in [3.63, 3.8) is 0 Å². The highest BCUT2D eigenvalue weighted by atomic mass is 16.3. The molecule has 2 N–H and O–H groups in total. The Morgan fingerprint density at radius 2 is 0.735 bits per heavy atom. The van der Waals surface area contributed by atoms with Crippen molar-refractivity contribution in [3.05, 3.63) is 0 Å². The van der Waals surface area contributed by atoms with E-state index in [1.54, 1.807) is 0 Å². The lowest BCUT2D eigenvalue weighted by Crippen LogP contribution is -2.29. The molecule has 0 aliphatic heterocycles. The minimum Gasteiger partial charge on any atom is -0.393 e. The number of unbranched alkanes of at least 4 members (excludes halogenated alkanes) is 7. The standard InChI is InChI=1S/C17H36O.C15H32O/c1-5-9-12-15(8-4)17(18)16(13-10-6-2)14-11-7-3;1-4-7-10-13-15(16)14(11-8-5-2)12-9-6-3/h15-18H,5-14H2,1-4H3;14-16H,4-13H2,1-3H3. The zero-order valence-corrected chi connectivity index (χ0v) is 24.9. The van der Waals surface area contributed by atoms with E-state index in [2.05, 4.69) is 48.5 Å². The lowest BCUT2D eigenvalue weighted by molar-refractivity contribution is 0.0340. The van der Waals surface area contributed by atoms with Gasteiger partial charge < -0.3 is 10.2 Å². The molecule has 0 saturated heterocycles. The number of hydrogen-bond donors (Lipinski definition) is 2. The summed E-state index contributed by atoms with van der Waals surface area (Å²) in [5, 5.41) is 20.8. The van der Waals surface area contributed by atoms with E-state index in [1.807, 2.05) is 0 Å². The molecule has 0 aliphatic carbocycles. The van der Waals surface area contributed by atoms with Gasteiger partial charge in [0.15, 0.2) is 0 Å². The van der Waals surface area contributed by atoms with Crippen LogP contribution in [0.15, 0.2) is 0 Å². The highest BCUT2D eigenvalue weighted by Gasteiger charge is 2.25. The summed E-state index contributed by atoms with van der Waals surface area (Å²) in [7, 11) is 0. The van der Waals surface area contributed by atoms with Crippen molar-refractivity contribution in [2.24, 2.45) is 17.8 Å². The van der Waals surface area contributed by atoms with Crippen LogP contribution in [0, 0.1) is 17.8 Å². The molecule has 0 saturated carbocycles. The minimum absolute atomic E-state index is 0.0374. The van der Waals surface area contributed by atoms with Crippen LogP contribution in [0.5, 0.6) is 0 Å². The average molecular weight is 485 g/mol. The summed E-state index contributed by atoms with van der Waals surface area (Å²) in [4.78, 5) is 0. The molecule has 0 aromatic heterocycles. The van der Waals surface area contributed by atoms with Crippen molar-refractivity contribution < 1.29 is 10.2 Å². The maximum atomic E-state index is 10.6. The predicted octanol–water partition coefficient (Wildman–Crippen LogP) is 10.5. The van der Waals surface area contributed by atoms with Gasteiger partial charge >= 0.3 is 0 Å². The summed E-state index contributed by atoms with van der Waals surface area (Å²) in [6.07, 6.45) is 24.5. The zero-order chi connectivity index (χ0) is 26.0. The highest BCUT2D eigenvalue weighted by Crippen LogP contribution is 2.29. The van der Waals surface area contributed by atoms with E-state index in [0.717, 1.165) is 12.8 Å². The minimum atomic E-state index is -0.0559. The van der Waals surface area contributed by atoms with Crippen LogP contribution in [0.1, 0.15) is 177 Å². The molecule has 0 aliphatic rings. The SMILES string of the molecule is CCCCC(CC)C(O)C(CCCC)CCCC.CCCCCC(O)C(CCCC)CCCC. The smallest absolute Gasteiger partial charge is 0.0596 e. The van der Waals surface area contributed by atoms with Crippen molar-refractivity contribution in [3.8, 4) is 0 Å². The van der Waals surface area contributed by atoms with Gasteiger partial charge in [-0.05, 0) is 56.3 Å². The normalized spacial score (nSPS) is 14.2. The fraction of sp³-hybridized carbons (Fsp3) is 1.00. The molecule has 208 valence electrons. The molecule has 0 radical (unpaired) electrons. The number of hydrogen-bond acceptors (Lipinski definition) is 2. The Morgan fingerprint density at radius 3 is 1.09 bits per heavy atom. The average Bonchev–Trinajstić information content (AvgIpc) is 2.85. The van der Waals surface area contributed by atoms with E-state index in [9.17, 15) is 10.2 Å². The molecular formula is C32H68O2. The van der Waals surface area contributed by atoms with Crippen LogP contribution >= 0.6 is 0 Å². The maximum Gasteiger partial charge on any atom is 0.0596 e. The second-order valence-corrected chi connectivity index (χ2v) is 11.0. The number of aliphatic hydroxyl groups is 2. The van der Waals surface area contributed by atoms with Gasteiger partial charge in [-0.15, -0.1) is 0 Å². The van der Waals surface area contributed by atoms with Crippen LogP contribution < -0.4 is 0 Å².